The highest BCUT2D eigenvalue weighted by Crippen LogP contribution is 2.55. The summed E-state index contributed by atoms with van der Waals surface area (Å²) in [6.07, 6.45) is 3.30. The largest absolute Gasteiger partial charge is 0.489 e. The zero-order valence-corrected chi connectivity index (χ0v) is 29.6. The highest BCUT2D eigenvalue weighted by molar-refractivity contribution is 6.33. The Bertz CT molecular complexity index is 1470. The molecule has 2 aliphatic heterocycles. The average Bonchev–Trinajstić information content (AvgIpc) is 3.02. The number of amides is 2. The van der Waals surface area contributed by atoms with Gasteiger partial charge in [0.25, 0.3) is 5.91 Å². The number of carbonyl (C=O) groups is 2. The Kier molecular flexibility index (Phi) is 10.0. The van der Waals surface area contributed by atoms with E-state index in [-0.39, 0.29) is 35.0 Å². The Morgan fingerprint density at radius 3 is 2.23 bits per heavy atom. The van der Waals surface area contributed by atoms with Crippen molar-refractivity contribution in [3.8, 4) is 5.75 Å². The zero-order valence-electron chi connectivity index (χ0n) is 28.8. The number of likely N-dealkylation sites (tertiary alicyclic amines) is 1. The van der Waals surface area contributed by atoms with E-state index in [4.69, 9.17) is 27.6 Å². The summed E-state index contributed by atoms with van der Waals surface area (Å²) in [5, 5.41) is 3.61. The van der Waals surface area contributed by atoms with Crippen molar-refractivity contribution < 1.29 is 19.1 Å². The number of nitrogens with zero attached hydrogens (tertiary/aromatic N) is 5. The molecule has 10 nitrogen and oxygen atoms in total. The van der Waals surface area contributed by atoms with Gasteiger partial charge >= 0.3 is 6.09 Å². The number of hydrogen-bond acceptors (Lipinski definition) is 7. The van der Waals surface area contributed by atoms with Crippen molar-refractivity contribution in [1.82, 2.24) is 20.1 Å². The summed E-state index contributed by atoms with van der Waals surface area (Å²) in [5.41, 5.74) is -0.226. The molecule has 2 saturated heterocycles. The molecule has 0 bridgehead atoms. The summed E-state index contributed by atoms with van der Waals surface area (Å²) < 4.78 is 11.9. The lowest BCUT2D eigenvalue weighted by Gasteiger charge is -2.63. The van der Waals surface area contributed by atoms with E-state index in [9.17, 15) is 9.59 Å². The van der Waals surface area contributed by atoms with Crippen LogP contribution in [0.4, 0.5) is 16.3 Å². The summed E-state index contributed by atoms with van der Waals surface area (Å²) in [7, 11) is 0. The van der Waals surface area contributed by atoms with Gasteiger partial charge in [0.2, 0.25) is 5.69 Å². The fourth-order valence-corrected chi connectivity index (χ4v) is 7.87. The normalized spacial score (nSPS) is 23.0. The standard InChI is InChI=1S/C36H49ClN6O4/c1-34(2,3)47-33(45)43-15-13-24(14-16-43)23-41-17-19-42(20-18-41)29-12-9-25(22-39-29)30(44)40-31-35(4,5)32(36(31,6)7)46-26-10-11-28(38-8)27(37)21-26/h9-12,21-22,24,31-32H,13-20,23H2,1-7H3,(H,40,44). The van der Waals surface area contributed by atoms with E-state index in [1.807, 2.05) is 37.8 Å². The minimum atomic E-state index is -0.466. The van der Waals surface area contributed by atoms with Gasteiger partial charge in [0.1, 0.15) is 23.3 Å². The molecule has 254 valence electrons. The van der Waals surface area contributed by atoms with Crippen LogP contribution in [0.5, 0.6) is 5.75 Å². The van der Waals surface area contributed by atoms with Gasteiger partial charge in [-0.1, -0.05) is 45.4 Å². The monoisotopic (exact) mass is 664 g/mol. The molecular weight excluding hydrogens is 616 g/mol. The number of benzene rings is 1. The maximum Gasteiger partial charge on any atom is 0.410 e. The second kappa shape index (κ2) is 13.5. The number of aromatic nitrogens is 1. The predicted octanol–water partition coefficient (Wildman–Crippen LogP) is 6.67. The molecule has 0 spiro atoms. The summed E-state index contributed by atoms with van der Waals surface area (Å²) in [4.78, 5) is 40.5. The number of carbonyl (C=O) groups excluding carboxylic acids is 2. The maximum absolute atomic E-state index is 13.4. The molecule has 3 fully saturated rings. The van der Waals surface area contributed by atoms with E-state index < -0.39 is 5.60 Å². The van der Waals surface area contributed by atoms with Crippen LogP contribution in [0.2, 0.25) is 5.02 Å². The van der Waals surface area contributed by atoms with Crippen LogP contribution in [0.25, 0.3) is 4.85 Å². The number of rotatable bonds is 7. The molecule has 0 atom stereocenters. The van der Waals surface area contributed by atoms with Gasteiger partial charge in [-0.3, -0.25) is 9.69 Å². The van der Waals surface area contributed by atoms with Gasteiger partial charge in [0.15, 0.2) is 0 Å². The average molecular weight is 665 g/mol. The highest BCUT2D eigenvalue weighted by Gasteiger charge is 2.64. The molecule has 3 aliphatic rings. The zero-order chi connectivity index (χ0) is 34.1. The molecule has 0 radical (unpaired) electrons. The molecular formula is C36H49ClN6O4. The van der Waals surface area contributed by atoms with Crippen molar-refractivity contribution >= 4 is 35.1 Å². The molecule has 47 heavy (non-hydrogen) atoms. The van der Waals surface area contributed by atoms with Crippen molar-refractivity contribution in [3.05, 3.63) is 58.5 Å². The third-order valence-corrected chi connectivity index (χ3v) is 10.2. The van der Waals surface area contributed by atoms with Gasteiger partial charge in [0.05, 0.1) is 17.2 Å². The van der Waals surface area contributed by atoms with E-state index in [1.54, 1.807) is 24.4 Å². The highest BCUT2D eigenvalue weighted by atomic mass is 35.5. The van der Waals surface area contributed by atoms with Crippen LogP contribution in [0.15, 0.2) is 36.5 Å². The quantitative estimate of drug-likeness (QED) is 0.331. The minimum absolute atomic E-state index is 0.122. The second-order valence-corrected chi connectivity index (χ2v) is 15.8. The molecule has 3 heterocycles. The summed E-state index contributed by atoms with van der Waals surface area (Å²) in [5.74, 6) is 1.92. The number of piperazine rings is 1. The van der Waals surface area contributed by atoms with Crippen molar-refractivity contribution in [2.45, 2.75) is 79.1 Å². The van der Waals surface area contributed by atoms with Gasteiger partial charge in [0, 0.05) is 68.9 Å². The predicted molar refractivity (Wildman–Crippen MR) is 184 cm³/mol. The van der Waals surface area contributed by atoms with Crippen LogP contribution in [-0.2, 0) is 4.74 Å². The fourth-order valence-electron chi connectivity index (χ4n) is 7.66. The van der Waals surface area contributed by atoms with Crippen LogP contribution in [-0.4, -0.2) is 90.3 Å². The van der Waals surface area contributed by atoms with Crippen molar-refractivity contribution in [3.63, 3.8) is 0 Å². The van der Waals surface area contributed by atoms with E-state index in [0.29, 0.717) is 27.9 Å². The first kappa shape index (κ1) is 34.8. The second-order valence-electron chi connectivity index (χ2n) is 15.4. The van der Waals surface area contributed by atoms with Gasteiger partial charge < -0.3 is 24.6 Å². The fraction of sp³-hybridized carbons (Fsp3) is 0.611. The molecule has 2 aromatic rings. The van der Waals surface area contributed by atoms with E-state index in [1.165, 1.54) is 0 Å². The Balaban J connectivity index is 1.08. The molecule has 2 amide bonds. The number of piperidine rings is 1. The summed E-state index contributed by atoms with van der Waals surface area (Å²) in [6.45, 7) is 27.5. The lowest BCUT2D eigenvalue weighted by atomic mass is 9.49. The van der Waals surface area contributed by atoms with Gasteiger partial charge in [-0.15, -0.1) is 0 Å². The number of nitrogens with one attached hydrogen (secondary N) is 1. The number of halogens is 1. The molecule has 1 saturated carbocycles. The van der Waals surface area contributed by atoms with Gasteiger partial charge in [-0.25, -0.2) is 14.6 Å². The summed E-state index contributed by atoms with van der Waals surface area (Å²) in [6, 6.07) is 8.79. The molecule has 1 aliphatic carbocycles. The van der Waals surface area contributed by atoms with Crippen LogP contribution in [0, 0.1) is 23.3 Å². The Morgan fingerprint density at radius 1 is 1.02 bits per heavy atom. The molecule has 0 unspecified atom stereocenters. The molecule has 1 aromatic carbocycles. The van der Waals surface area contributed by atoms with Crippen molar-refractivity contribution in [1.29, 1.82) is 0 Å². The Morgan fingerprint density at radius 2 is 1.68 bits per heavy atom. The first-order valence-electron chi connectivity index (χ1n) is 16.6. The van der Waals surface area contributed by atoms with Crippen LogP contribution in [0.1, 0.15) is 71.7 Å². The lowest BCUT2D eigenvalue weighted by molar-refractivity contribution is -0.164. The van der Waals surface area contributed by atoms with E-state index in [0.717, 1.165) is 64.5 Å². The van der Waals surface area contributed by atoms with Crippen molar-refractivity contribution in [2.24, 2.45) is 16.7 Å². The maximum atomic E-state index is 13.4. The van der Waals surface area contributed by atoms with Gasteiger partial charge in [-0.2, -0.15) is 0 Å². The lowest BCUT2D eigenvalue weighted by Crippen LogP contribution is -2.74. The Hall–Kier alpha value is -3.55. The van der Waals surface area contributed by atoms with E-state index >= 15 is 0 Å². The smallest absolute Gasteiger partial charge is 0.410 e. The summed E-state index contributed by atoms with van der Waals surface area (Å²) >= 11 is 6.24. The van der Waals surface area contributed by atoms with E-state index in [2.05, 4.69) is 52.6 Å². The van der Waals surface area contributed by atoms with Crippen LogP contribution in [0.3, 0.4) is 0 Å². The number of anilines is 1. The first-order valence-corrected chi connectivity index (χ1v) is 17.0. The molecule has 5 rings (SSSR count). The molecule has 1 aromatic heterocycles. The van der Waals surface area contributed by atoms with Crippen LogP contribution >= 0.6 is 11.6 Å². The van der Waals surface area contributed by atoms with Crippen molar-refractivity contribution in [2.75, 3.05) is 50.7 Å². The molecule has 1 N–H and O–H groups in total. The number of ether oxygens (including phenoxy) is 2. The number of hydrogen-bond donors (Lipinski definition) is 1. The topological polar surface area (TPSA) is 91.6 Å². The molecule has 11 heteroatoms. The Labute approximate surface area is 284 Å². The minimum Gasteiger partial charge on any atom is -0.489 e. The third-order valence-electron chi connectivity index (χ3n) is 9.90. The van der Waals surface area contributed by atoms with Gasteiger partial charge in [-0.05, 0) is 63.8 Å². The SMILES string of the molecule is [C-]#[N+]c1ccc(OC2C(C)(C)C(NC(=O)c3ccc(N4CCN(CC5CCN(C(=O)OC(C)(C)C)CC5)CC4)nc3)C2(C)C)cc1Cl. The third kappa shape index (κ3) is 7.79. The first-order chi connectivity index (χ1) is 22.1. The number of pyridine rings is 1. The van der Waals surface area contributed by atoms with Crippen LogP contribution < -0.4 is 15.0 Å².